The van der Waals surface area contributed by atoms with Gasteiger partial charge in [-0.2, -0.15) is 12.7 Å². The lowest BCUT2D eigenvalue weighted by Crippen LogP contribution is -2.45. The van der Waals surface area contributed by atoms with E-state index in [0.717, 1.165) is 10.4 Å². The summed E-state index contributed by atoms with van der Waals surface area (Å²) in [6.45, 7) is 4.79. The van der Waals surface area contributed by atoms with Crippen molar-refractivity contribution in [2.24, 2.45) is 0 Å². The van der Waals surface area contributed by atoms with Gasteiger partial charge in [0.2, 0.25) is 5.91 Å². The lowest BCUT2D eigenvalue weighted by molar-refractivity contribution is -0.114. The van der Waals surface area contributed by atoms with Crippen molar-refractivity contribution >= 4 is 33.4 Å². The van der Waals surface area contributed by atoms with Crippen LogP contribution in [0.4, 0.5) is 15.8 Å². The molecule has 0 unspecified atom stereocenters. The van der Waals surface area contributed by atoms with Crippen LogP contribution in [0.1, 0.15) is 31.1 Å². The summed E-state index contributed by atoms with van der Waals surface area (Å²) in [6.07, 6.45) is 0. The Kier molecular flexibility index (Phi) is 7.40. The maximum atomic E-state index is 14.3. The topological polar surface area (TPSA) is 98.8 Å². The van der Waals surface area contributed by atoms with Gasteiger partial charge in [0.05, 0.1) is 16.9 Å². The number of hydrogen-bond acceptors (Lipinski definition) is 4. The third-order valence-electron chi connectivity index (χ3n) is 4.08. The van der Waals surface area contributed by atoms with Gasteiger partial charge in [-0.15, -0.1) is 0 Å². The maximum absolute atomic E-state index is 14.3. The molecule has 0 aliphatic heterocycles. The Hall–Kier alpha value is -2.98. The molecule has 31 heavy (non-hydrogen) atoms. The molecule has 2 aromatic rings. The minimum Gasteiger partial charge on any atom is -0.347 e. The molecule has 0 atom stereocenters. The number of benzene rings is 2. The Balaban J connectivity index is 2.33. The molecule has 0 radical (unpaired) electrons. The van der Waals surface area contributed by atoms with E-state index in [1.807, 2.05) is 20.8 Å². The average Bonchev–Trinajstić information content (AvgIpc) is 2.65. The third kappa shape index (κ3) is 6.25. The molecule has 0 fully saturated rings. The van der Waals surface area contributed by atoms with Crippen LogP contribution in [0, 0.1) is 5.82 Å². The molecule has 0 aromatic heterocycles. The highest BCUT2D eigenvalue weighted by Crippen LogP contribution is 2.23. The van der Waals surface area contributed by atoms with Crippen LogP contribution in [0.2, 0.25) is 0 Å². The Morgan fingerprint density at radius 3 is 2.16 bits per heavy atom. The number of nitrogens with one attached hydrogen (secondary N) is 2. The molecule has 2 aromatic carbocycles. The van der Waals surface area contributed by atoms with Gasteiger partial charge in [0.1, 0.15) is 12.4 Å². The summed E-state index contributed by atoms with van der Waals surface area (Å²) in [4.78, 5) is 25.3. The maximum Gasteiger partial charge on any atom is 0.304 e. The van der Waals surface area contributed by atoms with E-state index in [4.69, 9.17) is 0 Å². The van der Waals surface area contributed by atoms with Gasteiger partial charge < -0.3 is 10.6 Å². The second kappa shape index (κ2) is 9.44. The molecule has 0 heterocycles. The molecule has 2 amide bonds. The summed E-state index contributed by atoms with van der Waals surface area (Å²) in [5.41, 5.74) is -0.316. The number of hydrogen-bond donors (Lipinski definition) is 2. The van der Waals surface area contributed by atoms with Crippen LogP contribution >= 0.6 is 0 Å². The van der Waals surface area contributed by atoms with Crippen molar-refractivity contribution in [3.63, 3.8) is 0 Å². The molecule has 0 spiro atoms. The predicted molar refractivity (Wildman–Crippen MR) is 119 cm³/mol. The fourth-order valence-electron chi connectivity index (χ4n) is 2.66. The van der Waals surface area contributed by atoms with Crippen LogP contribution in [0.15, 0.2) is 48.5 Å². The Bertz CT molecular complexity index is 1070. The standard InChI is InChI=1S/C21H27FN4O4S/c1-21(2,3)24-20(28)15-10-6-8-12-17(15)23-19(27)14-26(31(29,30)25(4)5)18-13-9-7-11-16(18)22/h6-13H,14H2,1-5H3,(H,23,27)(H,24,28). The smallest absolute Gasteiger partial charge is 0.304 e. The first-order chi connectivity index (χ1) is 14.3. The van der Waals surface area contributed by atoms with E-state index < -0.39 is 39.9 Å². The zero-order chi connectivity index (χ0) is 23.4. The number of carbonyl (C=O) groups excluding carboxylic acids is 2. The second-order valence-corrected chi connectivity index (χ2v) is 10.1. The van der Waals surface area contributed by atoms with E-state index in [-0.39, 0.29) is 16.9 Å². The van der Waals surface area contributed by atoms with Gasteiger partial charge in [0.15, 0.2) is 0 Å². The molecular weight excluding hydrogens is 423 g/mol. The fourth-order valence-corrected chi connectivity index (χ4v) is 3.73. The largest absolute Gasteiger partial charge is 0.347 e. The molecule has 0 bridgehead atoms. The number of rotatable bonds is 7. The Morgan fingerprint density at radius 2 is 1.58 bits per heavy atom. The third-order valence-corrected chi connectivity index (χ3v) is 5.89. The number of anilines is 2. The number of para-hydroxylation sites is 2. The molecule has 2 N–H and O–H groups in total. The van der Waals surface area contributed by atoms with Gasteiger partial charge in [-0.25, -0.2) is 8.70 Å². The van der Waals surface area contributed by atoms with E-state index in [9.17, 15) is 22.4 Å². The molecule has 0 aliphatic carbocycles. The number of amides is 2. The monoisotopic (exact) mass is 450 g/mol. The lowest BCUT2D eigenvalue weighted by atomic mass is 10.1. The van der Waals surface area contributed by atoms with Crippen LogP contribution in [-0.2, 0) is 15.0 Å². The summed E-state index contributed by atoms with van der Waals surface area (Å²) in [6, 6.07) is 11.6. The van der Waals surface area contributed by atoms with E-state index >= 15 is 0 Å². The minimum absolute atomic E-state index is 0.213. The molecule has 0 saturated carbocycles. The molecule has 8 nitrogen and oxygen atoms in total. The first kappa shape index (κ1) is 24.3. The first-order valence-electron chi connectivity index (χ1n) is 9.49. The molecule has 0 aliphatic rings. The quantitative estimate of drug-likeness (QED) is 0.677. The van der Waals surface area contributed by atoms with E-state index in [1.165, 1.54) is 38.4 Å². The van der Waals surface area contributed by atoms with E-state index in [2.05, 4.69) is 10.6 Å². The first-order valence-corrected chi connectivity index (χ1v) is 10.9. The van der Waals surface area contributed by atoms with Crippen LogP contribution in [0.25, 0.3) is 0 Å². The van der Waals surface area contributed by atoms with Gasteiger partial charge in [-0.3, -0.25) is 9.59 Å². The van der Waals surface area contributed by atoms with E-state index in [0.29, 0.717) is 4.31 Å². The molecular formula is C21H27FN4O4S. The summed E-state index contributed by atoms with van der Waals surface area (Å²) in [5, 5.41) is 5.37. The van der Waals surface area contributed by atoms with Crippen LogP contribution in [-0.4, -0.2) is 50.7 Å². The second-order valence-electron chi connectivity index (χ2n) is 8.05. The van der Waals surface area contributed by atoms with Crippen molar-refractivity contribution in [3.8, 4) is 0 Å². The zero-order valence-electron chi connectivity index (χ0n) is 18.1. The van der Waals surface area contributed by atoms with Gasteiger partial charge >= 0.3 is 10.2 Å². The fraction of sp³-hybridized carbons (Fsp3) is 0.333. The van der Waals surface area contributed by atoms with Crippen LogP contribution in [0.5, 0.6) is 0 Å². The summed E-state index contributed by atoms with van der Waals surface area (Å²) < 4.78 is 41.4. The van der Waals surface area contributed by atoms with Crippen molar-refractivity contribution in [2.75, 3.05) is 30.3 Å². The van der Waals surface area contributed by atoms with Gasteiger partial charge in [-0.1, -0.05) is 24.3 Å². The Labute approximate surface area is 182 Å². The van der Waals surface area contributed by atoms with Gasteiger partial charge in [0, 0.05) is 19.6 Å². The SMILES string of the molecule is CN(C)S(=O)(=O)N(CC(=O)Nc1ccccc1C(=O)NC(C)(C)C)c1ccccc1F. The highest BCUT2D eigenvalue weighted by molar-refractivity contribution is 7.90. The van der Waals surface area contributed by atoms with Gasteiger partial charge in [0.25, 0.3) is 5.91 Å². The minimum atomic E-state index is -4.17. The highest BCUT2D eigenvalue weighted by atomic mass is 32.2. The van der Waals surface area contributed by atoms with Crippen molar-refractivity contribution in [1.29, 1.82) is 0 Å². The average molecular weight is 451 g/mol. The predicted octanol–water partition coefficient (Wildman–Crippen LogP) is 2.61. The van der Waals surface area contributed by atoms with Crippen LogP contribution < -0.4 is 14.9 Å². The van der Waals surface area contributed by atoms with E-state index in [1.54, 1.807) is 18.2 Å². The lowest BCUT2D eigenvalue weighted by Gasteiger charge is -2.27. The summed E-state index contributed by atoms with van der Waals surface area (Å²) in [7, 11) is -1.60. The molecule has 2 rings (SSSR count). The van der Waals surface area contributed by atoms with Crippen LogP contribution in [0.3, 0.4) is 0 Å². The van der Waals surface area contributed by atoms with Crippen molar-refractivity contribution in [1.82, 2.24) is 9.62 Å². The van der Waals surface area contributed by atoms with Crippen molar-refractivity contribution in [3.05, 3.63) is 59.9 Å². The van der Waals surface area contributed by atoms with Gasteiger partial charge in [-0.05, 0) is 45.0 Å². The molecule has 0 saturated heterocycles. The normalized spacial score (nSPS) is 11.8. The summed E-state index contributed by atoms with van der Waals surface area (Å²) >= 11 is 0. The number of carbonyl (C=O) groups is 2. The highest BCUT2D eigenvalue weighted by Gasteiger charge is 2.29. The van der Waals surface area contributed by atoms with Crippen molar-refractivity contribution in [2.45, 2.75) is 26.3 Å². The molecule has 168 valence electrons. The number of halogens is 1. The Morgan fingerprint density at radius 1 is 1.00 bits per heavy atom. The summed E-state index contributed by atoms with van der Waals surface area (Å²) in [5.74, 6) is -1.91. The van der Waals surface area contributed by atoms with Crippen molar-refractivity contribution < 1.29 is 22.4 Å². The zero-order valence-corrected chi connectivity index (χ0v) is 19.0. The molecule has 10 heteroatoms. The number of nitrogens with zero attached hydrogens (tertiary/aromatic N) is 2.